The van der Waals surface area contributed by atoms with Crippen molar-refractivity contribution in [2.75, 3.05) is 22.9 Å². The first-order valence-corrected chi connectivity index (χ1v) is 11.7. The van der Waals surface area contributed by atoms with E-state index in [1.54, 1.807) is 48.5 Å². The SMILES string of the molecule is CSc1ccc(Cl)c(C(=O)Nc2cccc(S(=O)(=O)N(C)c3ccccc3)c2)c1. The van der Waals surface area contributed by atoms with Crippen molar-refractivity contribution in [3.05, 3.63) is 83.4 Å². The number of amides is 1. The molecular formula is C21H19ClN2O3S2. The lowest BCUT2D eigenvalue weighted by Crippen LogP contribution is -2.26. The zero-order valence-corrected chi connectivity index (χ0v) is 18.2. The molecular weight excluding hydrogens is 428 g/mol. The van der Waals surface area contributed by atoms with Crippen LogP contribution in [0.15, 0.2) is 82.6 Å². The molecule has 0 heterocycles. The van der Waals surface area contributed by atoms with E-state index in [-0.39, 0.29) is 4.90 Å². The second kappa shape index (κ2) is 8.90. The van der Waals surface area contributed by atoms with E-state index in [4.69, 9.17) is 11.6 Å². The van der Waals surface area contributed by atoms with Gasteiger partial charge in [0.15, 0.2) is 0 Å². The summed E-state index contributed by atoms with van der Waals surface area (Å²) in [5, 5.41) is 3.05. The number of nitrogens with one attached hydrogen (secondary N) is 1. The minimum atomic E-state index is -3.78. The van der Waals surface area contributed by atoms with Crippen molar-refractivity contribution in [3.63, 3.8) is 0 Å². The number of sulfonamides is 1. The van der Waals surface area contributed by atoms with Crippen molar-refractivity contribution in [1.29, 1.82) is 0 Å². The molecule has 3 aromatic rings. The van der Waals surface area contributed by atoms with Gasteiger partial charge in [-0.1, -0.05) is 35.9 Å². The zero-order chi connectivity index (χ0) is 21.0. The molecule has 5 nitrogen and oxygen atoms in total. The van der Waals surface area contributed by atoms with E-state index in [0.717, 1.165) is 4.90 Å². The Morgan fingerprint density at radius 3 is 2.41 bits per heavy atom. The van der Waals surface area contributed by atoms with Crippen LogP contribution in [-0.2, 0) is 10.0 Å². The third kappa shape index (κ3) is 4.75. The standard InChI is InChI=1S/C21H19ClN2O3S2/c1-24(16-8-4-3-5-9-16)29(26,27)18-10-6-7-15(13-18)23-21(25)19-14-17(28-2)11-12-20(19)22/h3-14H,1-2H3,(H,23,25). The van der Waals surface area contributed by atoms with E-state index in [2.05, 4.69) is 5.32 Å². The molecule has 0 radical (unpaired) electrons. The minimum Gasteiger partial charge on any atom is -0.322 e. The molecule has 3 rings (SSSR count). The fourth-order valence-corrected chi connectivity index (χ4v) is 4.56. The normalized spacial score (nSPS) is 11.1. The molecule has 0 saturated heterocycles. The van der Waals surface area contributed by atoms with Gasteiger partial charge in [-0.3, -0.25) is 9.10 Å². The maximum absolute atomic E-state index is 13.0. The summed E-state index contributed by atoms with van der Waals surface area (Å²) in [5.74, 6) is -0.406. The number of hydrogen-bond donors (Lipinski definition) is 1. The smallest absolute Gasteiger partial charge is 0.264 e. The lowest BCUT2D eigenvalue weighted by Gasteiger charge is -2.20. The predicted molar refractivity (Wildman–Crippen MR) is 120 cm³/mol. The van der Waals surface area contributed by atoms with Gasteiger partial charge >= 0.3 is 0 Å². The fraction of sp³-hybridized carbons (Fsp3) is 0.0952. The molecule has 0 unspecified atom stereocenters. The van der Waals surface area contributed by atoms with Gasteiger partial charge in [0.2, 0.25) is 0 Å². The average Bonchev–Trinajstić information content (AvgIpc) is 2.74. The Labute approximate surface area is 179 Å². The van der Waals surface area contributed by atoms with Gasteiger partial charge in [0.1, 0.15) is 0 Å². The van der Waals surface area contributed by atoms with Crippen molar-refractivity contribution < 1.29 is 13.2 Å². The first-order valence-electron chi connectivity index (χ1n) is 8.62. The van der Waals surface area contributed by atoms with Gasteiger partial charge in [-0.05, 0) is 54.8 Å². The van der Waals surface area contributed by atoms with E-state index in [1.807, 2.05) is 18.4 Å². The van der Waals surface area contributed by atoms with Gasteiger partial charge in [0.25, 0.3) is 15.9 Å². The van der Waals surface area contributed by atoms with Crippen LogP contribution in [0.3, 0.4) is 0 Å². The van der Waals surface area contributed by atoms with Crippen molar-refractivity contribution in [2.24, 2.45) is 0 Å². The average molecular weight is 447 g/mol. The molecule has 1 amide bonds. The van der Waals surface area contributed by atoms with Gasteiger partial charge < -0.3 is 5.32 Å². The largest absolute Gasteiger partial charge is 0.322 e. The minimum absolute atomic E-state index is 0.0746. The highest BCUT2D eigenvalue weighted by molar-refractivity contribution is 7.98. The summed E-state index contributed by atoms with van der Waals surface area (Å²) in [4.78, 5) is 13.6. The van der Waals surface area contributed by atoms with Crippen molar-refractivity contribution in [2.45, 2.75) is 9.79 Å². The highest BCUT2D eigenvalue weighted by atomic mass is 35.5. The van der Waals surface area contributed by atoms with Crippen LogP contribution in [0, 0.1) is 0 Å². The predicted octanol–water partition coefficient (Wildman–Crippen LogP) is 5.14. The van der Waals surface area contributed by atoms with Gasteiger partial charge in [0.05, 0.1) is 21.2 Å². The molecule has 0 spiro atoms. The molecule has 1 N–H and O–H groups in total. The summed E-state index contributed by atoms with van der Waals surface area (Å²) in [7, 11) is -2.29. The highest BCUT2D eigenvalue weighted by Gasteiger charge is 2.22. The number of para-hydroxylation sites is 1. The van der Waals surface area contributed by atoms with Gasteiger partial charge in [-0.25, -0.2) is 8.42 Å². The molecule has 29 heavy (non-hydrogen) atoms. The molecule has 0 aliphatic heterocycles. The lowest BCUT2D eigenvalue weighted by atomic mass is 10.2. The number of hydrogen-bond acceptors (Lipinski definition) is 4. The van der Waals surface area contributed by atoms with Crippen molar-refractivity contribution in [1.82, 2.24) is 0 Å². The first-order chi connectivity index (χ1) is 13.8. The third-order valence-corrected chi connectivity index (χ3v) is 7.12. The number of anilines is 2. The highest BCUT2D eigenvalue weighted by Crippen LogP contribution is 2.26. The number of benzene rings is 3. The summed E-state index contributed by atoms with van der Waals surface area (Å²) < 4.78 is 27.1. The summed E-state index contributed by atoms with van der Waals surface area (Å²) in [6.45, 7) is 0. The molecule has 0 atom stereocenters. The molecule has 0 aromatic heterocycles. The van der Waals surface area contributed by atoms with E-state index < -0.39 is 15.9 Å². The van der Waals surface area contributed by atoms with Gasteiger partial charge in [-0.2, -0.15) is 0 Å². The molecule has 0 saturated carbocycles. The number of nitrogens with zero attached hydrogens (tertiary/aromatic N) is 1. The third-order valence-electron chi connectivity index (χ3n) is 4.29. The Morgan fingerprint density at radius 1 is 1.00 bits per heavy atom. The van der Waals surface area contributed by atoms with E-state index in [9.17, 15) is 13.2 Å². The van der Waals surface area contributed by atoms with E-state index >= 15 is 0 Å². The van der Waals surface area contributed by atoms with Crippen molar-refractivity contribution >= 4 is 50.7 Å². The second-order valence-electron chi connectivity index (χ2n) is 6.14. The number of halogens is 1. The quantitative estimate of drug-likeness (QED) is 0.532. The van der Waals surface area contributed by atoms with E-state index in [0.29, 0.717) is 22.0 Å². The van der Waals surface area contributed by atoms with Crippen LogP contribution in [0.5, 0.6) is 0 Å². The number of thioether (sulfide) groups is 1. The maximum atomic E-state index is 13.0. The number of carbonyl (C=O) groups excluding carboxylic acids is 1. The van der Waals surface area contributed by atoms with Crippen LogP contribution >= 0.6 is 23.4 Å². The Kier molecular flexibility index (Phi) is 6.52. The summed E-state index contributed by atoms with van der Waals surface area (Å²) in [6.07, 6.45) is 1.91. The molecule has 0 aliphatic carbocycles. The maximum Gasteiger partial charge on any atom is 0.264 e. The van der Waals surface area contributed by atoms with Crippen LogP contribution < -0.4 is 9.62 Å². The van der Waals surface area contributed by atoms with Crippen LogP contribution in [0.25, 0.3) is 0 Å². The van der Waals surface area contributed by atoms with Gasteiger partial charge in [-0.15, -0.1) is 11.8 Å². The van der Waals surface area contributed by atoms with E-state index in [1.165, 1.54) is 35.2 Å². The molecule has 8 heteroatoms. The van der Waals surface area contributed by atoms with Crippen LogP contribution in [0.2, 0.25) is 5.02 Å². The summed E-state index contributed by atoms with van der Waals surface area (Å²) in [6, 6.07) is 20.1. The summed E-state index contributed by atoms with van der Waals surface area (Å²) >= 11 is 7.65. The number of rotatable bonds is 6. The monoisotopic (exact) mass is 446 g/mol. The lowest BCUT2D eigenvalue weighted by molar-refractivity contribution is 0.102. The molecule has 150 valence electrons. The van der Waals surface area contributed by atoms with Crippen LogP contribution in [-0.4, -0.2) is 27.6 Å². The van der Waals surface area contributed by atoms with Crippen LogP contribution in [0.1, 0.15) is 10.4 Å². The Hall–Kier alpha value is -2.48. The second-order valence-corrected chi connectivity index (χ2v) is 9.39. The van der Waals surface area contributed by atoms with Crippen LogP contribution in [0.4, 0.5) is 11.4 Å². The Bertz CT molecular complexity index is 1140. The summed E-state index contributed by atoms with van der Waals surface area (Å²) in [5.41, 5.74) is 1.24. The fourth-order valence-electron chi connectivity index (χ4n) is 2.67. The molecule has 3 aromatic carbocycles. The zero-order valence-electron chi connectivity index (χ0n) is 15.8. The first kappa shape index (κ1) is 21.2. The van der Waals surface area contributed by atoms with Crippen molar-refractivity contribution in [3.8, 4) is 0 Å². The Morgan fingerprint density at radius 2 is 1.72 bits per heavy atom. The Balaban J connectivity index is 1.87. The molecule has 0 aliphatic rings. The molecule has 0 bridgehead atoms. The topological polar surface area (TPSA) is 66.5 Å². The number of carbonyl (C=O) groups is 1. The van der Waals surface area contributed by atoms with Gasteiger partial charge in [0, 0.05) is 17.6 Å². The molecule has 0 fully saturated rings.